The van der Waals surface area contributed by atoms with Crippen molar-refractivity contribution < 1.29 is 4.79 Å². The number of aromatic nitrogens is 1. The van der Waals surface area contributed by atoms with Crippen LogP contribution < -0.4 is 5.32 Å². The van der Waals surface area contributed by atoms with E-state index in [4.69, 9.17) is 0 Å². The number of pyridine rings is 1. The van der Waals surface area contributed by atoms with E-state index in [1.807, 2.05) is 54.6 Å². The number of hydrogen-bond donors (Lipinski definition) is 1. The second-order valence-corrected chi connectivity index (χ2v) is 6.76. The predicted octanol–water partition coefficient (Wildman–Crippen LogP) is 4.48. The normalized spacial score (nSPS) is 14.3. The number of carbonyl (C=O) groups is 1. The van der Waals surface area contributed by atoms with Crippen LogP contribution in [0.1, 0.15) is 51.6 Å². The number of nitrogens with zero attached hydrogens (tertiary/aromatic N) is 1. The molecule has 1 amide bonds. The third-order valence-corrected chi connectivity index (χ3v) is 5.00. The number of hydrogen-bond acceptors (Lipinski definition) is 2. The van der Waals surface area contributed by atoms with Gasteiger partial charge in [-0.2, -0.15) is 0 Å². The van der Waals surface area contributed by atoms with Crippen LogP contribution in [0.3, 0.4) is 0 Å². The van der Waals surface area contributed by atoms with Crippen LogP contribution in [0.2, 0.25) is 0 Å². The first kappa shape index (κ1) is 16.5. The van der Waals surface area contributed by atoms with E-state index >= 15 is 0 Å². The van der Waals surface area contributed by atoms with E-state index < -0.39 is 0 Å². The molecule has 0 spiro atoms. The predicted molar refractivity (Wildman–Crippen MR) is 103 cm³/mol. The Balaban J connectivity index is 1.62. The van der Waals surface area contributed by atoms with Gasteiger partial charge in [-0.05, 0) is 66.6 Å². The summed E-state index contributed by atoms with van der Waals surface area (Å²) < 4.78 is 0. The van der Waals surface area contributed by atoms with Crippen LogP contribution >= 0.6 is 0 Å². The average Bonchev–Trinajstić information content (AvgIpc) is 2.72. The molecule has 1 atom stereocenters. The summed E-state index contributed by atoms with van der Waals surface area (Å²) in [5.74, 6) is -0.0575. The molecule has 0 bridgehead atoms. The van der Waals surface area contributed by atoms with Gasteiger partial charge in [-0.1, -0.05) is 42.5 Å². The highest BCUT2D eigenvalue weighted by Crippen LogP contribution is 2.24. The van der Waals surface area contributed by atoms with Gasteiger partial charge in [0.05, 0.1) is 11.7 Å². The molecule has 2 aromatic carbocycles. The van der Waals surface area contributed by atoms with Gasteiger partial charge in [0, 0.05) is 11.8 Å². The second kappa shape index (κ2) is 7.52. The topological polar surface area (TPSA) is 42.0 Å². The molecule has 0 saturated heterocycles. The van der Waals surface area contributed by atoms with E-state index in [-0.39, 0.29) is 11.9 Å². The Morgan fingerprint density at radius 3 is 2.42 bits per heavy atom. The van der Waals surface area contributed by atoms with E-state index in [1.54, 1.807) is 6.20 Å². The Bertz CT molecular complexity index is 851. The maximum Gasteiger partial charge on any atom is 0.252 e. The smallest absolute Gasteiger partial charge is 0.252 e. The summed E-state index contributed by atoms with van der Waals surface area (Å²) in [7, 11) is 0. The Morgan fingerprint density at radius 1 is 0.885 bits per heavy atom. The number of rotatable bonds is 4. The summed E-state index contributed by atoms with van der Waals surface area (Å²) in [6.07, 6.45) is 6.40. The molecule has 0 radical (unpaired) electrons. The molecule has 4 rings (SSSR count). The average molecular weight is 342 g/mol. The highest BCUT2D eigenvalue weighted by Gasteiger charge is 2.20. The van der Waals surface area contributed by atoms with Gasteiger partial charge in [0.25, 0.3) is 5.91 Å². The van der Waals surface area contributed by atoms with Gasteiger partial charge in [-0.3, -0.25) is 9.78 Å². The lowest BCUT2D eigenvalue weighted by molar-refractivity contribution is 0.0942. The standard InChI is InChI=1S/C23H22N2O/c26-23(20-14-13-17-8-4-5-11-19(17)16-20)25-22(18-9-2-1-3-10-18)21-12-6-7-15-24-21/h1-3,6-7,9-10,12-16,22H,4-5,8,11H2,(H,25,26). The highest BCUT2D eigenvalue weighted by molar-refractivity contribution is 5.95. The van der Waals surface area contributed by atoms with E-state index in [2.05, 4.69) is 22.4 Å². The molecule has 0 saturated carbocycles. The van der Waals surface area contributed by atoms with E-state index in [1.165, 1.54) is 24.0 Å². The van der Waals surface area contributed by atoms with Crippen molar-refractivity contribution >= 4 is 5.91 Å². The van der Waals surface area contributed by atoms with Crippen LogP contribution in [0.5, 0.6) is 0 Å². The largest absolute Gasteiger partial charge is 0.340 e. The lowest BCUT2D eigenvalue weighted by Crippen LogP contribution is -2.30. The molecule has 1 aromatic heterocycles. The number of aryl methyl sites for hydroxylation is 2. The summed E-state index contributed by atoms with van der Waals surface area (Å²) in [5.41, 5.74) is 5.29. The first-order valence-corrected chi connectivity index (χ1v) is 9.20. The first-order valence-electron chi connectivity index (χ1n) is 9.20. The van der Waals surface area contributed by atoms with Crippen LogP contribution in [-0.4, -0.2) is 10.9 Å². The van der Waals surface area contributed by atoms with Gasteiger partial charge >= 0.3 is 0 Å². The lowest BCUT2D eigenvalue weighted by Gasteiger charge is -2.20. The van der Waals surface area contributed by atoms with Crippen LogP contribution in [0.4, 0.5) is 0 Å². The first-order chi connectivity index (χ1) is 12.8. The summed E-state index contributed by atoms with van der Waals surface area (Å²) in [6, 6.07) is 21.6. The van der Waals surface area contributed by atoms with Crippen LogP contribution in [0.15, 0.2) is 72.9 Å². The molecule has 26 heavy (non-hydrogen) atoms. The van der Waals surface area contributed by atoms with E-state index in [9.17, 15) is 4.79 Å². The fourth-order valence-electron chi connectivity index (χ4n) is 3.61. The summed E-state index contributed by atoms with van der Waals surface area (Å²) in [6.45, 7) is 0. The van der Waals surface area contributed by atoms with Crippen molar-refractivity contribution in [1.82, 2.24) is 10.3 Å². The Kier molecular flexibility index (Phi) is 4.78. The van der Waals surface area contributed by atoms with Crippen molar-refractivity contribution in [3.63, 3.8) is 0 Å². The van der Waals surface area contributed by atoms with Gasteiger partial charge in [0.15, 0.2) is 0 Å². The Morgan fingerprint density at radius 2 is 1.65 bits per heavy atom. The minimum atomic E-state index is -0.263. The number of benzene rings is 2. The van der Waals surface area contributed by atoms with Gasteiger partial charge in [-0.15, -0.1) is 0 Å². The van der Waals surface area contributed by atoms with Crippen LogP contribution in [-0.2, 0) is 12.8 Å². The second-order valence-electron chi connectivity index (χ2n) is 6.76. The van der Waals surface area contributed by atoms with Crippen LogP contribution in [0.25, 0.3) is 0 Å². The van der Waals surface area contributed by atoms with Gasteiger partial charge in [0.1, 0.15) is 0 Å². The molecule has 130 valence electrons. The van der Waals surface area contributed by atoms with E-state index in [0.717, 1.165) is 29.7 Å². The van der Waals surface area contributed by atoms with Crippen molar-refractivity contribution in [2.24, 2.45) is 0 Å². The molecule has 1 aliphatic rings. The zero-order valence-electron chi connectivity index (χ0n) is 14.7. The maximum absolute atomic E-state index is 12.9. The van der Waals surface area contributed by atoms with Crippen molar-refractivity contribution in [3.8, 4) is 0 Å². The van der Waals surface area contributed by atoms with Crippen LogP contribution in [0, 0.1) is 0 Å². The molecular weight excluding hydrogens is 320 g/mol. The molecule has 0 fully saturated rings. The number of carbonyl (C=O) groups excluding carboxylic acids is 1. The molecule has 1 unspecified atom stereocenters. The highest BCUT2D eigenvalue weighted by atomic mass is 16.1. The fourth-order valence-corrected chi connectivity index (χ4v) is 3.61. The maximum atomic E-state index is 12.9. The van der Waals surface area contributed by atoms with Gasteiger partial charge in [-0.25, -0.2) is 0 Å². The third-order valence-electron chi connectivity index (χ3n) is 5.00. The summed E-state index contributed by atoms with van der Waals surface area (Å²) in [4.78, 5) is 17.4. The molecule has 3 nitrogen and oxygen atoms in total. The molecule has 1 aliphatic carbocycles. The molecule has 3 heteroatoms. The van der Waals surface area contributed by atoms with Gasteiger partial charge in [0.2, 0.25) is 0 Å². The molecule has 3 aromatic rings. The zero-order valence-corrected chi connectivity index (χ0v) is 14.7. The monoisotopic (exact) mass is 342 g/mol. The third kappa shape index (κ3) is 3.52. The molecule has 1 N–H and O–H groups in total. The van der Waals surface area contributed by atoms with Crippen molar-refractivity contribution in [2.45, 2.75) is 31.7 Å². The SMILES string of the molecule is O=C(NC(c1ccccc1)c1ccccn1)c1ccc2c(c1)CCCC2. The zero-order chi connectivity index (χ0) is 17.8. The molecule has 1 heterocycles. The summed E-state index contributed by atoms with van der Waals surface area (Å²) in [5, 5.41) is 3.17. The van der Waals surface area contributed by atoms with Gasteiger partial charge < -0.3 is 5.32 Å². The lowest BCUT2D eigenvalue weighted by atomic mass is 9.90. The van der Waals surface area contributed by atoms with E-state index in [0.29, 0.717) is 0 Å². The minimum Gasteiger partial charge on any atom is -0.340 e. The number of amides is 1. The Labute approximate surface area is 154 Å². The fraction of sp³-hybridized carbons (Fsp3) is 0.217. The molecule has 0 aliphatic heterocycles. The number of nitrogens with one attached hydrogen (secondary N) is 1. The van der Waals surface area contributed by atoms with Crippen molar-refractivity contribution in [2.75, 3.05) is 0 Å². The quantitative estimate of drug-likeness (QED) is 0.759. The number of fused-ring (bicyclic) bond motifs is 1. The van der Waals surface area contributed by atoms with Crippen molar-refractivity contribution in [3.05, 3.63) is 101 Å². The Hall–Kier alpha value is -2.94. The molecular formula is C23H22N2O. The summed E-state index contributed by atoms with van der Waals surface area (Å²) >= 11 is 0. The minimum absolute atomic E-state index is 0.0575. The van der Waals surface area contributed by atoms with Crippen molar-refractivity contribution in [1.29, 1.82) is 0 Å².